The Hall–Kier alpha value is -4.75. The molecule has 2 aliphatic carbocycles. The van der Waals surface area contributed by atoms with Crippen molar-refractivity contribution in [2.24, 2.45) is 0 Å². The fourth-order valence-corrected chi connectivity index (χ4v) is 7.13. The summed E-state index contributed by atoms with van der Waals surface area (Å²) in [5.74, 6) is 0. The van der Waals surface area contributed by atoms with Crippen molar-refractivity contribution in [2.75, 3.05) is 0 Å². The van der Waals surface area contributed by atoms with Crippen molar-refractivity contribution in [3.63, 3.8) is 0 Å². The number of fused-ring (bicyclic) bond motifs is 10. The second-order valence-electron chi connectivity index (χ2n) is 12.4. The Kier molecular flexibility index (Phi) is 5.06. The van der Waals surface area contributed by atoms with E-state index >= 15 is 0 Å². The van der Waals surface area contributed by atoms with Crippen LogP contribution in [0.3, 0.4) is 0 Å². The minimum absolute atomic E-state index is 0.00583. The standard InChI is InChI=1S/C40H31N/c1-39(2,3)28-24-37(26-13-5-4-6-14-26)41-38(25-28)27-21-22-36-32(23-27)31-17-9-12-20-35(31)40(36)33-18-10-7-15-29(33)30-16-8-11-19-34(30)40/h4-25H,1-3H3. The van der Waals surface area contributed by atoms with Crippen molar-refractivity contribution in [3.8, 4) is 44.8 Å². The van der Waals surface area contributed by atoms with Gasteiger partial charge in [0.25, 0.3) is 0 Å². The van der Waals surface area contributed by atoms with Crippen LogP contribution in [0.4, 0.5) is 0 Å². The molecule has 0 N–H and O–H groups in total. The second kappa shape index (κ2) is 8.62. The monoisotopic (exact) mass is 525 g/mol. The van der Waals surface area contributed by atoms with Crippen molar-refractivity contribution in [3.05, 3.63) is 161 Å². The normalized spacial score (nSPS) is 13.9. The van der Waals surface area contributed by atoms with Crippen molar-refractivity contribution in [1.29, 1.82) is 0 Å². The van der Waals surface area contributed by atoms with Gasteiger partial charge in [-0.1, -0.05) is 136 Å². The predicted octanol–water partition coefficient (Wildman–Crippen LogP) is 10.1. The molecule has 1 aromatic heterocycles. The molecule has 0 aliphatic heterocycles. The average molecular weight is 526 g/mol. The minimum Gasteiger partial charge on any atom is -0.248 e. The molecule has 0 radical (unpaired) electrons. The maximum absolute atomic E-state index is 5.23. The Morgan fingerprint density at radius 3 is 1.46 bits per heavy atom. The molecular formula is C40H31N. The zero-order valence-electron chi connectivity index (χ0n) is 23.6. The first-order chi connectivity index (χ1) is 20.0. The van der Waals surface area contributed by atoms with E-state index in [0.29, 0.717) is 0 Å². The van der Waals surface area contributed by atoms with Gasteiger partial charge in [-0.05, 0) is 73.7 Å². The largest absolute Gasteiger partial charge is 0.248 e. The summed E-state index contributed by atoms with van der Waals surface area (Å²) < 4.78 is 0. The molecule has 1 heteroatoms. The Morgan fingerprint density at radius 1 is 0.439 bits per heavy atom. The first-order valence-corrected chi connectivity index (χ1v) is 14.5. The first kappa shape index (κ1) is 24.1. The van der Waals surface area contributed by atoms with Crippen molar-refractivity contribution in [1.82, 2.24) is 4.98 Å². The van der Waals surface area contributed by atoms with Gasteiger partial charge in [-0.2, -0.15) is 0 Å². The summed E-state index contributed by atoms with van der Waals surface area (Å²) in [5.41, 5.74) is 16.1. The van der Waals surface area contributed by atoms with Gasteiger partial charge < -0.3 is 0 Å². The SMILES string of the molecule is CC(C)(C)c1cc(-c2ccccc2)nc(-c2ccc3c(c2)-c2ccccc2C32c3ccccc3-c3ccccc32)c1. The molecule has 41 heavy (non-hydrogen) atoms. The Labute approximate surface area is 242 Å². The van der Waals surface area contributed by atoms with E-state index in [2.05, 4.69) is 154 Å². The second-order valence-corrected chi connectivity index (χ2v) is 12.4. The predicted molar refractivity (Wildman–Crippen MR) is 170 cm³/mol. The molecule has 0 bridgehead atoms. The molecule has 6 aromatic rings. The lowest BCUT2D eigenvalue weighted by Crippen LogP contribution is -2.25. The molecule has 0 atom stereocenters. The first-order valence-electron chi connectivity index (χ1n) is 14.5. The van der Waals surface area contributed by atoms with Crippen LogP contribution in [0.15, 0.2) is 133 Å². The minimum atomic E-state index is -0.312. The Morgan fingerprint density at radius 2 is 0.902 bits per heavy atom. The highest BCUT2D eigenvalue weighted by molar-refractivity contribution is 5.95. The van der Waals surface area contributed by atoms with Crippen molar-refractivity contribution >= 4 is 0 Å². The van der Waals surface area contributed by atoms with Gasteiger partial charge in [0, 0.05) is 11.1 Å². The summed E-state index contributed by atoms with van der Waals surface area (Å²) in [7, 11) is 0. The summed E-state index contributed by atoms with van der Waals surface area (Å²) in [6.07, 6.45) is 0. The number of nitrogens with zero attached hydrogens (tertiary/aromatic N) is 1. The highest BCUT2D eigenvalue weighted by atomic mass is 14.7. The van der Waals surface area contributed by atoms with Gasteiger partial charge in [0.05, 0.1) is 16.8 Å². The number of hydrogen-bond donors (Lipinski definition) is 0. The number of rotatable bonds is 2. The van der Waals surface area contributed by atoms with Gasteiger partial charge in [-0.3, -0.25) is 0 Å². The quantitative estimate of drug-likeness (QED) is 0.219. The molecule has 1 heterocycles. The molecule has 0 saturated carbocycles. The van der Waals surface area contributed by atoms with E-state index in [0.717, 1.165) is 22.5 Å². The van der Waals surface area contributed by atoms with Crippen LogP contribution in [0.5, 0.6) is 0 Å². The lowest BCUT2D eigenvalue weighted by Gasteiger charge is -2.30. The van der Waals surface area contributed by atoms with Gasteiger partial charge in [0.2, 0.25) is 0 Å². The third-order valence-corrected chi connectivity index (χ3v) is 9.05. The van der Waals surface area contributed by atoms with Crippen LogP contribution in [-0.2, 0) is 10.8 Å². The van der Waals surface area contributed by atoms with Crippen LogP contribution in [0, 0.1) is 0 Å². The zero-order chi connectivity index (χ0) is 27.8. The van der Waals surface area contributed by atoms with Crippen LogP contribution in [-0.4, -0.2) is 4.98 Å². The van der Waals surface area contributed by atoms with Crippen molar-refractivity contribution < 1.29 is 0 Å². The molecule has 0 fully saturated rings. The average Bonchev–Trinajstić information content (AvgIpc) is 3.48. The molecule has 1 spiro atoms. The molecule has 1 nitrogen and oxygen atoms in total. The van der Waals surface area contributed by atoms with E-state index in [1.165, 1.54) is 50.1 Å². The van der Waals surface area contributed by atoms with Gasteiger partial charge in [-0.25, -0.2) is 4.98 Å². The molecule has 0 saturated heterocycles. The molecule has 0 unspecified atom stereocenters. The van der Waals surface area contributed by atoms with E-state index in [1.54, 1.807) is 0 Å². The van der Waals surface area contributed by atoms with E-state index in [-0.39, 0.29) is 10.8 Å². The molecule has 2 aliphatic rings. The lowest BCUT2D eigenvalue weighted by atomic mass is 9.70. The van der Waals surface area contributed by atoms with E-state index in [9.17, 15) is 0 Å². The summed E-state index contributed by atoms with van der Waals surface area (Å²) in [4.78, 5) is 5.23. The maximum Gasteiger partial charge on any atom is 0.0725 e. The number of hydrogen-bond acceptors (Lipinski definition) is 1. The topological polar surface area (TPSA) is 12.9 Å². The van der Waals surface area contributed by atoms with E-state index in [4.69, 9.17) is 4.98 Å². The van der Waals surface area contributed by atoms with Gasteiger partial charge in [0.1, 0.15) is 0 Å². The van der Waals surface area contributed by atoms with Crippen LogP contribution >= 0.6 is 0 Å². The van der Waals surface area contributed by atoms with Gasteiger partial charge in [-0.15, -0.1) is 0 Å². The van der Waals surface area contributed by atoms with Gasteiger partial charge >= 0.3 is 0 Å². The van der Waals surface area contributed by atoms with E-state index < -0.39 is 0 Å². The van der Waals surface area contributed by atoms with Crippen LogP contribution in [0.1, 0.15) is 48.6 Å². The summed E-state index contributed by atoms with van der Waals surface area (Å²) in [6, 6.07) is 49.0. The summed E-state index contributed by atoms with van der Waals surface area (Å²) in [6.45, 7) is 6.83. The highest BCUT2D eigenvalue weighted by Gasteiger charge is 2.51. The van der Waals surface area contributed by atoms with Crippen LogP contribution in [0.25, 0.3) is 44.8 Å². The number of benzene rings is 5. The van der Waals surface area contributed by atoms with Crippen molar-refractivity contribution in [2.45, 2.75) is 31.6 Å². The molecule has 196 valence electrons. The third-order valence-electron chi connectivity index (χ3n) is 9.05. The Bertz CT molecular complexity index is 1930. The molecule has 8 rings (SSSR count). The molecule has 0 amide bonds. The number of aromatic nitrogens is 1. The Balaban J connectivity index is 1.39. The lowest BCUT2D eigenvalue weighted by molar-refractivity contribution is 0.590. The molecule has 5 aromatic carbocycles. The van der Waals surface area contributed by atoms with Crippen LogP contribution in [0.2, 0.25) is 0 Å². The smallest absolute Gasteiger partial charge is 0.0725 e. The van der Waals surface area contributed by atoms with Gasteiger partial charge in [0.15, 0.2) is 0 Å². The van der Waals surface area contributed by atoms with Crippen LogP contribution < -0.4 is 0 Å². The zero-order valence-corrected chi connectivity index (χ0v) is 23.6. The number of pyridine rings is 1. The fraction of sp³-hybridized carbons (Fsp3) is 0.125. The highest BCUT2D eigenvalue weighted by Crippen LogP contribution is 2.62. The van der Waals surface area contributed by atoms with E-state index in [1.807, 2.05) is 0 Å². The summed E-state index contributed by atoms with van der Waals surface area (Å²) in [5, 5.41) is 0. The summed E-state index contributed by atoms with van der Waals surface area (Å²) >= 11 is 0. The fourth-order valence-electron chi connectivity index (χ4n) is 7.13. The maximum atomic E-state index is 5.23. The third kappa shape index (κ3) is 3.39. The molecular weight excluding hydrogens is 494 g/mol.